The lowest BCUT2D eigenvalue weighted by molar-refractivity contribution is -0.120. The van der Waals surface area contributed by atoms with Gasteiger partial charge in [-0.1, -0.05) is 74.0 Å². The second-order valence-corrected chi connectivity index (χ2v) is 9.44. The molecule has 37 heavy (non-hydrogen) atoms. The number of hydrogen-bond acceptors (Lipinski definition) is 4. The van der Waals surface area contributed by atoms with Crippen molar-refractivity contribution < 1.29 is 14.4 Å². The van der Waals surface area contributed by atoms with Crippen molar-refractivity contribution in [1.82, 2.24) is 0 Å². The summed E-state index contributed by atoms with van der Waals surface area (Å²) in [6, 6.07) is 27.4. The molecule has 1 heterocycles. The van der Waals surface area contributed by atoms with Gasteiger partial charge in [-0.15, -0.1) is 0 Å². The van der Waals surface area contributed by atoms with Gasteiger partial charge in [-0.3, -0.25) is 14.4 Å². The van der Waals surface area contributed by atoms with Crippen molar-refractivity contribution in [2.45, 2.75) is 19.8 Å². The molecule has 0 atom stereocenters. The third-order valence-electron chi connectivity index (χ3n) is 6.30. The quantitative estimate of drug-likeness (QED) is 0.285. The van der Waals surface area contributed by atoms with Crippen LogP contribution < -0.4 is 15.5 Å². The van der Waals surface area contributed by atoms with Gasteiger partial charge in [0, 0.05) is 22.3 Å². The molecule has 0 spiro atoms. The van der Waals surface area contributed by atoms with Crippen molar-refractivity contribution in [2.75, 3.05) is 15.5 Å². The highest BCUT2D eigenvalue weighted by molar-refractivity contribution is 6.53. The predicted octanol–water partition coefficient (Wildman–Crippen LogP) is 6.65. The van der Waals surface area contributed by atoms with Crippen LogP contribution in [0.25, 0.3) is 10.8 Å². The average molecular weight is 510 g/mol. The number of rotatable bonds is 6. The molecule has 5 rings (SSSR count). The van der Waals surface area contributed by atoms with Crippen molar-refractivity contribution in [3.05, 3.63) is 113 Å². The van der Waals surface area contributed by atoms with Crippen molar-refractivity contribution >= 4 is 57.2 Å². The van der Waals surface area contributed by atoms with Crippen LogP contribution in [0, 0.1) is 0 Å². The van der Waals surface area contributed by atoms with Gasteiger partial charge >= 0.3 is 0 Å². The summed E-state index contributed by atoms with van der Waals surface area (Å²) in [7, 11) is 0. The van der Waals surface area contributed by atoms with Crippen molar-refractivity contribution in [2.24, 2.45) is 0 Å². The van der Waals surface area contributed by atoms with E-state index in [2.05, 4.69) is 24.5 Å². The minimum Gasteiger partial charge on any atom is -0.350 e. The monoisotopic (exact) mass is 509 g/mol. The molecule has 0 saturated heterocycles. The van der Waals surface area contributed by atoms with E-state index in [0.717, 1.165) is 26.9 Å². The molecule has 184 valence electrons. The minimum atomic E-state index is -0.586. The highest BCUT2D eigenvalue weighted by Gasteiger charge is 2.39. The van der Waals surface area contributed by atoms with Crippen LogP contribution in [0.5, 0.6) is 0 Å². The zero-order chi connectivity index (χ0) is 26.1. The molecule has 0 unspecified atom stereocenters. The standard InChI is InChI=1S/C30H24ClN3O3/c1-18(2)19-12-16-23(17-13-19)34-29(36)26(31)27(30(34)37)32-22-14-10-21(11-15-22)28(35)33-25-9-5-7-20-6-3-4-8-24(20)25/h3-18,32H,1-2H3,(H,33,35). The number of anilines is 3. The van der Waals surface area contributed by atoms with Crippen LogP contribution >= 0.6 is 11.6 Å². The molecule has 1 aliphatic rings. The number of fused-ring (bicyclic) bond motifs is 1. The van der Waals surface area contributed by atoms with Crippen LogP contribution in [-0.2, 0) is 9.59 Å². The second-order valence-electron chi connectivity index (χ2n) is 9.06. The smallest absolute Gasteiger partial charge is 0.283 e. The Morgan fingerprint density at radius 3 is 2.19 bits per heavy atom. The highest BCUT2D eigenvalue weighted by Crippen LogP contribution is 2.31. The molecule has 0 aliphatic carbocycles. The molecule has 0 aromatic heterocycles. The van der Waals surface area contributed by atoms with E-state index in [1.165, 1.54) is 0 Å². The normalized spacial score (nSPS) is 13.6. The molecule has 0 radical (unpaired) electrons. The SMILES string of the molecule is CC(C)c1ccc(N2C(=O)C(Cl)=C(Nc3ccc(C(=O)Nc4cccc5ccccc45)cc3)C2=O)cc1. The molecule has 0 saturated carbocycles. The molecule has 1 aliphatic heterocycles. The fourth-order valence-electron chi connectivity index (χ4n) is 4.23. The molecule has 6 nitrogen and oxygen atoms in total. The van der Waals surface area contributed by atoms with Crippen LogP contribution in [0.4, 0.5) is 17.1 Å². The number of carbonyl (C=O) groups is 3. The second kappa shape index (κ2) is 9.91. The number of benzene rings is 4. The minimum absolute atomic E-state index is 0.00689. The lowest BCUT2D eigenvalue weighted by Crippen LogP contribution is -2.32. The van der Waals surface area contributed by atoms with Crippen LogP contribution in [0.15, 0.2) is 102 Å². The van der Waals surface area contributed by atoms with E-state index in [0.29, 0.717) is 22.9 Å². The van der Waals surface area contributed by atoms with Crippen LogP contribution in [-0.4, -0.2) is 17.7 Å². The summed E-state index contributed by atoms with van der Waals surface area (Å²) in [4.78, 5) is 39.8. The zero-order valence-electron chi connectivity index (χ0n) is 20.3. The molecule has 0 bridgehead atoms. The molecule has 0 fully saturated rings. The fourth-order valence-corrected chi connectivity index (χ4v) is 4.44. The maximum absolute atomic E-state index is 13.1. The number of imide groups is 1. The predicted molar refractivity (Wildman–Crippen MR) is 148 cm³/mol. The van der Waals surface area contributed by atoms with Crippen LogP contribution in [0.3, 0.4) is 0 Å². The lowest BCUT2D eigenvalue weighted by Gasteiger charge is -2.16. The number of hydrogen-bond donors (Lipinski definition) is 2. The Balaban J connectivity index is 1.30. The first-order valence-electron chi connectivity index (χ1n) is 11.9. The Morgan fingerprint density at radius 1 is 0.811 bits per heavy atom. The van der Waals surface area contributed by atoms with Crippen LogP contribution in [0.2, 0.25) is 0 Å². The van der Waals surface area contributed by atoms with Gasteiger partial charge < -0.3 is 10.6 Å². The summed E-state index contributed by atoms with van der Waals surface area (Å²) in [5, 5.41) is 7.70. The third kappa shape index (κ3) is 4.71. The topological polar surface area (TPSA) is 78.5 Å². The molecule has 4 aromatic carbocycles. The molecule has 7 heteroatoms. The van der Waals surface area contributed by atoms with Gasteiger partial charge in [0.25, 0.3) is 17.7 Å². The Hall–Kier alpha value is -4.42. The number of carbonyl (C=O) groups excluding carboxylic acids is 3. The first-order valence-corrected chi connectivity index (χ1v) is 12.3. The molecular weight excluding hydrogens is 486 g/mol. The van der Waals surface area contributed by atoms with E-state index in [9.17, 15) is 14.4 Å². The Bertz CT molecular complexity index is 1550. The van der Waals surface area contributed by atoms with E-state index in [1.807, 2.05) is 54.6 Å². The number of amides is 3. The van der Waals surface area contributed by atoms with Crippen molar-refractivity contribution in [3.63, 3.8) is 0 Å². The largest absolute Gasteiger partial charge is 0.350 e. The fraction of sp³-hybridized carbons (Fsp3) is 0.100. The van der Waals surface area contributed by atoms with Gasteiger partial charge in [-0.05, 0) is 59.3 Å². The van der Waals surface area contributed by atoms with E-state index >= 15 is 0 Å². The van der Waals surface area contributed by atoms with E-state index in [4.69, 9.17) is 11.6 Å². The summed E-state index contributed by atoms with van der Waals surface area (Å²) in [6.45, 7) is 4.14. The van der Waals surface area contributed by atoms with Gasteiger partial charge in [-0.2, -0.15) is 0 Å². The van der Waals surface area contributed by atoms with Gasteiger partial charge in [0.15, 0.2) is 0 Å². The molecule has 2 N–H and O–H groups in total. The van der Waals surface area contributed by atoms with Crippen molar-refractivity contribution in [1.29, 1.82) is 0 Å². The van der Waals surface area contributed by atoms with E-state index in [-0.39, 0.29) is 16.6 Å². The maximum atomic E-state index is 13.1. The van der Waals surface area contributed by atoms with Gasteiger partial charge in [0.05, 0.1) is 5.69 Å². The summed E-state index contributed by atoms with van der Waals surface area (Å²) >= 11 is 6.26. The maximum Gasteiger partial charge on any atom is 0.283 e. The highest BCUT2D eigenvalue weighted by atomic mass is 35.5. The first-order chi connectivity index (χ1) is 17.8. The number of nitrogens with zero attached hydrogens (tertiary/aromatic N) is 1. The molecule has 3 amide bonds. The number of halogens is 1. The summed E-state index contributed by atoms with van der Waals surface area (Å²) in [6.07, 6.45) is 0. The summed E-state index contributed by atoms with van der Waals surface area (Å²) in [5.41, 5.74) is 3.23. The zero-order valence-corrected chi connectivity index (χ0v) is 21.0. The Labute approximate surface area is 219 Å². The van der Waals surface area contributed by atoms with Crippen molar-refractivity contribution in [3.8, 4) is 0 Å². The van der Waals surface area contributed by atoms with E-state index < -0.39 is 11.8 Å². The average Bonchev–Trinajstić information content (AvgIpc) is 3.12. The van der Waals surface area contributed by atoms with Gasteiger partial charge in [0.1, 0.15) is 10.7 Å². The third-order valence-corrected chi connectivity index (χ3v) is 6.65. The molecular formula is C30H24ClN3O3. The summed E-state index contributed by atoms with van der Waals surface area (Å²) in [5.74, 6) is -1.05. The Morgan fingerprint density at radius 2 is 1.49 bits per heavy atom. The van der Waals surface area contributed by atoms with Gasteiger partial charge in [0.2, 0.25) is 0 Å². The Kier molecular flexibility index (Phi) is 6.51. The summed E-state index contributed by atoms with van der Waals surface area (Å²) < 4.78 is 0. The molecule has 4 aromatic rings. The number of nitrogens with one attached hydrogen (secondary N) is 2. The van der Waals surface area contributed by atoms with Gasteiger partial charge in [-0.25, -0.2) is 4.90 Å². The van der Waals surface area contributed by atoms with Crippen LogP contribution in [0.1, 0.15) is 35.7 Å². The lowest BCUT2D eigenvalue weighted by atomic mass is 10.0. The van der Waals surface area contributed by atoms with E-state index in [1.54, 1.807) is 36.4 Å². The first kappa shape index (κ1) is 24.3.